The van der Waals surface area contributed by atoms with Crippen molar-refractivity contribution < 1.29 is 0 Å². The molecule has 0 aliphatic rings. The maximum absolute atomic E-state index is 12.3. The minimum atomic E-state index is 0.105. The fourth-order valence-corrected chi connectivity index (χ4v) is 3.27. The molecule has 1 heterocycles. The van der Waals surface area contributed by atoms with Crippen LogP contribution in [0.25, 0.3) is 0 Å². The van der Waals surface area contributed by atoms with Gasteiger partial charge in [-0.15, -0.1) is 0 Å². The van der Waals surface area contributed by atoms with E-state index in [9.17, 15) is 4.79 Å². The summed E-state index contributed by atoms with van der Waals surface area (Å²) < 4.78 is 3.66. The van der Waals surface area contributed by atoms with Crippen LogP contribution in [0.5, 0.6) is 0 Å². The Morgan fingerprint density at radius 2 is 1.79 bits per heavy atom. The molecule has 0 fully saturated rings. The molecule has 0 unspecified atom stereocenters. The van der Waals surface area contributed by atoms with Gasteiger partial charge in [0.2, 0.25) is 0 Å². The van der Waals surface area contributed by atoms with Crippen molar-refractivity contribution in [3.63, 3.8) is 0 Å². The van der Waals surface area contributed by atoms with Crippen molar-refractivity contribution in [2.45, 2.75) is 66.0 Å². The van der Waals surface area contributed by atoms with Gasteiger partial charge in [0.05, 0.1) is 0 Å². The van der Waals surface area contributed by atoms with Crippen LogP contribution < -0.4 is 5.69 Å². The first-order valence-electron chi connectivity index (χ1n) is 7.37. The van der Waals surface area contributed by atoms with Gasteiger partial charge in [-0.25, -0.2) is 4.79 Å². The Labute approximate surface area is 122 Å². The van der Waals surface area contributed by atoms with Crippen molar-refractivity contribution >= 4 is 12.6 Å². The van der Waals surface area contributed by atoms with Gasteiger partial charge >= 0.3 is 5.69 Å². The molecule has 110 valence electrons. The molecule has 19 heavy (non-hydrogen) atoms. The molecular formula is C15H28N2OS. The molecule has 1 rings (SSSR count). The number of aromatic nitrogens is 2. The third kappa shape index (κ3) is 3.91. The Balaban J connectivity index is 2.99. The molecule has 3 nitrogen and oxygen atoms in total. The Hall–Kier alpha value is -0.640. The van der Waals surface area contributed by atoms with Crippen LogP contribution in [0, 0.1) is 5.41 Å². The van der Waals surface area contributed by atoms with Crippen LogP contribution in [0.4, 0.5) is 0 Å². The maximum Gasteiger partial charge on any atom is 0.328 e. The van der Waals surface area contributed by atoms with Crippen molar-refractivity contribution in [1.82, 2.24) is 9.13 Å². The SMILES string of the molecule is CCCC(CS)(CCC)Cn1ccn(C(C)C)c1=O. The van der Waals surface area contributed by atoms with Gasteiger partial charge in [0.25, 0.3) is 0 Å². The molecule has 0 amide bonds. The minimum absolute atomic E-state index is 0.105. The minimum Gasteiger partial charge on any atom is -0.299 e. The molecule has 1 aromatic heterocycles. The summed E-state index contributed by atoms with van der Waals surface area (Å²) in [7, 11) is 0. The van der Waals surface area contributed by atoms with Crippen molar-refractivity contribution in [3.05, 3.63) is 22.9 Å². The van der Waals surface area contributed by atoms with Crippen LogP contribution in [-0.2, 0) is 6.54 Å². The summed E-state index contributed by atoms with van der Waals surface area (Å²) in [5.41, 5.74) is 0.257. The number of thiol groups is 1. The fourth-order valence-electron chi connectivity index (χ4n) is 2.85. The van der Waals surface area contributed by atoms with Gasteiger partial charge in [0.1, 0.15) is 0 Å². The number of hydrogen-bond donors (Lipinski definition) is 1. The van der Waals surface area contributed by atoms with Crippen molar-refractivity contribution in [2.24, 2.45) is 5.41 Å². The highest BCUT2D eigenvalue weighted by Crippen LogP contribution is 2.32. The number of nitrogens with zero attached hydrogens (tertiary/aromatic N) is 2. The second kappa shape index (κ2) is 7.22. The Morgan fingerprint density at radius 3 is 2.16 bits per heavy atom. The fraction of sp³-hybridized carbons (Fsp3) is 0.800. The second-order valence-corrected chi connectivity index (χ2v) is 6.18. The van der Waals surface area contributed by atoms with E-state index in [0.717, 1.165) is 38.0 Å². The molecule has 0 N–H and O–H groups in total. The Bertz CT molecular complexity index is 428. The molecule has 0 bridgehead atoms. The summed E-state index contributed by atoms with van der Waals surface area (Å²) in [6.45, 7) is 9.27. The van der Waals surface area contributed by atoms with Gasteiger partial charge in [-0.3, -0.25) is 9.13 Å². The highest BCUT2D eigenvalue weighted by Gasteiger charge is 2.28. The highest BCUT2D eigenvalue weighted by molar-refractivity contribution is 7.80. The Kier molecular flexibility index (Phi) is 6.24. The normalized spacial score (nSPS) is 12.3. The number of hydrogen-bond acceptors (Lipinski definition) is 2. The summed E-state index contributed by atoms with van der Waals surface area (Å²) in [5, 5.41) is 0. The summed E-state index contributed by atoms with van der Waals surface area (Å²) in [4.78, 5) is 12.3. The molecule has 1 aromatic rings. The summed E-state index contributed by atoms with van der Waals surface area (Å²) in [6.07, 6.45) is 8.35. The van der Waals surface area contributed by atoms with Gasteiger partial charge in [0, 0.05) is 25.0 Å². The average molecular weight is 284 g/mol. The predicted molar refractivity (Wildman–Crippen MR) is 85.2 cm³/mol. The van der Waals surface area contributed by atoms with Crippen LogP contribution in [0.2, 0.25) is 0 Å². The summed E-state index contributed by atoms with van der Waals surface area (Å²) in [5.74, 6) is 0.841. The zero-order valence-corrected chi connectivity index (χ0v) is 13.6. The zero-order valence-electron chi connectivity index (χ0n) is 12.7. The lowest BCUT2D eigenvalue weighted by atomic mass is 9.81. The van der Waals surface area contributed by atoms with E-state index < -0.39 is 0 Å². The van der Waals surface area contributed by atoms with E-state index in [1.807, 2.05) is 30.8 Å². The van der Waals surface area contributed by atoms with Crippen molar-refractivity contribution in [2.75, 3.05) is 5.75 Å². The first kappa shape index (κ1) is 16.4. The molecule has 0 aliphatic heterocycles. The second-order valence-electron chi connectivity index (χ2n) is 5.87. The smallest absolute Gasteiger partial charge is 0.299 e. The highest BCUT2D eigenvalue weighted by atomic mass is 32.1. The number of rotatable bonds is 8. The Morgan fingerprint density at radius 1 is 1.21 bits per heavy atom. The molecule has 0 aromatic carbocycles. The van der Waals surface area contributed by atoms with E-state index in [-0.39, 0.29) is 17.1 Å². The van der Waals surface area contributed by atoms with E-state index in [4.69, 9.17) is 0 Å². The lowest BCUT2D eigenvalue weighted by Crippen LogP contribution is -2.34. The molecule has 0 saturated heterocycles. The van der Waals surface area contributed by atoms with Gasteiger partial charge in [-0.2, -0.15) is 12.6 Å². The first-order valence-corrected chi connectivity index (χ1v) is 8.01. The average Bonchev–Trinajstić information content (AvgIpc) is 2.71. The monoisotopic (exact) mass is 284 g/mol. The largest absolute Gasteiger partial charge is 0.328 e. The quantitative estimate of drug-likeness (QED) is 0.723. The van der Waals surface area contributed by atoms with Gasteiger partial charge in [0.15, 0.2) is 0 Å². The van der Waals surface area contributed by atoms with E-state index in [0.29, 0.717) is 0 Å². The van der Waals surface area contributed by atoms with E-state index >= 15 is 0 Å². The molecule has 0 spiro atoms. The standard InChI is InChI=1S/C15H28N2OS/c1-5-7-15(12-19,8-6-2)11-16-9-10-17(13(3)4)14(16)18/h9-10,13,19H,5-8,11-12H2,1-4H3. The van der Waals surface area contributed by atoms with Crippen molar-refractivity contribution in [1.29, 1.82) is 0 Å². The van der Waals surface area contributed by atoms with Crippen LogP contribution in [0.3, 0.4) is 0 Å². The third-order valence-corrected chi connectivity index (χ3v) is 4.50. The molecule has 0 saturated carbocycles. The van der Waals surface area contributed by atoms with Crippen molar-refractivity contribution in [3.8, 4) is 0 Å². The van der Waals surface area contributed by atoms with Crippen LogP contribution >= 0.6 is 12.6 Å². The van der Waals surface area contributed by atoms with Gasteiger partial charge in [-0.1, -0.05) is 26.7 Å². The van der Waals surface area contributed by atoms with E-state index in [2.05, 4.69) is 26.5 Å². The van der Waals surface area contributed by atoms with Crippen LogP contribution in [0.15, 0.2) is 17.2 Å². The van der Waals surface area contributed by atoms with Crippen LogP contribution in [0.1, 0.15) is 59.4 Å². The van der Waals surface area contributed by atoms with Gasteiger partial charge in [-0.05, 0) is 37.9 Å². The van der Waals surface area contributed by atoms with Crippen LogP contribution in [-0.4, -0.2) is 14.9 Å². The van der Waals surface area contributed by atoms with E-state index in [1.54, 1.807) is 4.57 Å². The third-order valence-electron chi connectivity index (χ3n) is 3.83. The maximum atomic E-state index is 12.3. The summed E-state index contributed by atoms with van der Waals surface area (Å²) in [6, 6.07) is 0.219. The lowest BCUT2D eigenvalue weighted by molar-refractivity contribution is 0.228. The molecule has 0 atom stereocenters. The molecule has 0 radical (unpaired) electrons. The first-order chi connectivity index (χ1) is 8.99. The lowest BCUT2D eigenvalue weighted by Gasteiger charge is -2.32. The number of imidazole rings is 1. The topological polar surface area (TPSA) is 26.9 Å². The zero-order chi connectivity index (χ0) is 14.5. The summed E-state index contributed by atoms with van der Waals surface area (Å²) >= 11 is 4.56. The molecular weight excluding hydrogens is 256 g/mol. The van der Waals surface area contributed by atoms with E-state index in [1.165, 1.54) is 0 Å². The molecule has 0 aliphatic carbocycles. The molecule has 4 heteroatoms. The van der Waals surface area contributed by atoms with Gasteiger partial charge < -0.3 is 0 Å². The predicted octanol–water partition coefficient (Wildman–Crippen LogP) is 3.75.